The smallest absolute Gasteiger partial charge is 0.300 e. The summed E-state index contributed by atoms with van der Waals surface area (Å²) in [6.45, 7) is 18.1. The molecule has 1 aromatic carbocycles. The van der Waals surface area contributed by atoms with Gasteiger partial charge in [0.1, 0.15) is 12.4 Å². The van der Waals surface area contributed by atoms with Crippen LogP contribution in [0.1, 0.15) is 45.6 Å². The Balaban J connectivity index is 0.000000501. The predicted octanol–water partition coefficient (Wildman–Crippen LogP) is 2.46. The Hall–Kier alpha value is -2.20. The van der Waals surface area contributed by atoms with Gasteiger partial charge in [0, 0.05) is 66.2 Å². The number of hydrogen-bond acceptors (Lipinski definition) is 7. The zero-order valence-electron chi connectivity index (χ0n) is 22.4. The molecule has 4 rings (SSSR count). The van der Waals surface area contributed by atoms with Gasteiger partial charge in [-0.1, -0.05) is 19.1 Å². The quantitative estimate of drug-likeness (QED) is 0.514. The maximum Gasteiger partial charge on any atom is 0.300 e. The van der Waals surface area contributed by atoms with Crippen molar-refractivity contribution in [3.8, 4) is 5.75 Å². The largest absolute Gasteiger partial charge is 0.492 e. The molecule has 3 fully saturated rings. The maximum absolute atomic E-state index is 9.00. The van der Waals surface area contributed by atoms with Gasteiger partial charge in [-0.05, 0) is 62.0 Å². The molecule has 0 saturated carbocycles. The first-order chi connectivity index (χ1) is 17.2. The lowest BCUT2D eigenvalue weighted by Crippen LogP contribution is -2.47. The van der Waals surface area contributed by atoms with Crippen molar-refractivity contribution in [2.45, 2.75) is 46.6 Å². The van der Waals surface area contributed by atoms with E-state index in [0.29, 0.717) is 5.41 Å². The number of benzene rings is 1. The number of carboxylic acid groups (broad SMARTS) is 2. The van der Waals surface area contributed by atoms with Gasteiger partial charge in [-0.15, -0.1) is 0 Å². The summed E-state index contributed by atoms with van der Waals surface area (Å²) < 4.78 is 6.01. The summed E-state index contributed by atoms with van der Waals surface area (Å²) in [7, 11) is 0. The van der Waals surface area contributed by atoms with Crippen LogP contribution >= 0.6 is 0 Å². The average molecular weight is 507 g/mol. The molecular formula is C27H46N4O5. The molecule has 0 bridgehead atoms. The van der Waals surface area contributed by atoms with Crippen LogP contribution in [0, 0.1) is 5.41 Å². The summed E-state index contributed by atoms with van der Waals surface area (Å²) in [5, 5.41) is 18.4. The molecule has 3 aliphatic rings. The maximum atomic E-state index is 9.00. The van der Waals surface area contributed by atoms with E-state index in [2.05, 4.69) is 51.2 Å². The summed E-state index contributed by atoms with van der Waals surface area (Å²) in [5.41, 5.74) is 1.95. The number of carboxylic acids is 2. The highest BCUT2D eigenvalue weighted by atomic mass is 16.5. The number of likely N-dealkylation sites (N-methyl/N-ethyl adjacent to an activating group) is 1. The number of piperazine rings is 1. The van der Waals surface area contributed by atoms with Crippen molar-refractivity contribution < 1.29 is 24.5 Å². The topological polar surface area (TPSA) is 106 Å². The number of piperidine rings is 1. The highest BCUT2D eigenvalue weighted by Gasteiger charge is 2.37. The van der Waals surface area contributed by atoms with Crippen LogP contribution in [-0.4, -0.2) is 109 Å². The van der Waals surface area contributed by atoms with E-state index in [9.17, 15) is 0 Å². The molecule has 1 aromatic rings. The Kier molecular flexibility index (Phi) is 13.2. The summed E-state index contributed by atoms with van der Waals surface area (Å²) in [5.74, 6) is -0.661. The van der Waals surface area contributed by atoms with Crippen LogP contribution in [0.15, 0.2) is 24.3 Å². The van der Waals surface area contributed by atoms with E-state index in [1.807, 2.05) is 0 Å². The SMILES string of the molecule is CC(=O)O.CC(=O)O.CCN1CCN(CCOc2ccc(CN3CCCC4(CCNC4)C3)cc2)CC1. The second-order valence-corrected chi connectivity index (χ2v) is 10.0. The number of aliphatic carboxylic acids is 2. The minimum absolute atomic E-state index is 0.546. The van der Waals surface area contributed by atoms with Crippen molar-refractivity contribution >= 4 is 11.9 Å². The van der Waals surface area contributed by atoms with Crippen LogP contribution in [0.5, 0.6) is 5.75 Å². The van der Waals surface area contributed by atoms with Gasteiger partial charge in [-0.3, -0.25) is 19.4 Å². The molecular weight excluding hydrogens is 460 g/mol. The fourth-order valence-corrected chi connectivity index (χ4v) is 5.16. The first-order valence-corrected chi connectivity index (χ1v) is 13.2. The van der Waals surface area contributed by atoms with Crippen molar-refractivity contribution in [3.05, 3.63) is 29.8 Å². The minimum Gasteiger partial charge on any atom is -0.492 e. The van der Waals surface area contributed by atoms with Gasteiger partial charge in [0.05, 0.1) is 0 Å². The summed E-state index contributed by atoms with van der Waals surface area (Å²) in [6.07, 6.45) is 4.09. The summed E-state index contributed by atoms with van der Waals surface area (Å²) >= 11 is 0. The lowest BCUT2D eigenvalue weighted by Gasteiger charge is -2.40. The third-order valence-electron chi connectivity index (χ3n) is 6.99. The molecule has 3 saturated heterocycles. The van der Waals surface area contributed by atoms with Crippen LogP contribution in [-0.2, 0) is 16.1 Å². The average Bonchev–Trinajstić information content (AvgIpc) is 3.27. The summed E-state index contributed by atoms with van der Waals surface area (Å²) in [6, 6.07) is 8.81. The van der Waals surface area contributed by atoms with Crippen molar-refractivity contribution in [1.82, 2.24) is 20.0 Å². The molecule has 36 heavy (non-hydrogen) atoms. The van der Waals surface area contributed by atoms with Gasteiger partial charge in [0.2, 0.25) is 0 Å². The molecule has 1 atom stereocenters. The number of carbonyl (C=O) groups is 2. The Morgan fingerprint density at radius 3 is 2.11 bits per heavy atom. The Bertz CT molecular complexity index is 755. The molecule has 204 valence electrons. The number of ether oxygens (including phenoxy) is 1. The molecule has 3 heterocycles. The minimum atomic E-state index is -0.833. The lowest BCUT2D eigenvalue weighted by molar-refractivity contribution is -0.135. The monoisotopic (exact) mass is 506 g/mol. The second kappa shape index (κ2) is 15.8. The molecule has 0 radical (unpaired) electrons. The standard InChI is InChI=1S/C23H38N4O.2C2H4O2/c1-2-25-12-14-26(15-13-25)16-17-28-22-6-4-21(5-7-22)18-27-11-3-8-23(20-27)9-10-24-19-23;2*1-2(3)4/h4-7,24H,2-3,8-20H2,1H3;2*1H3,(H,3,4). The Morgan fingerprint density at radius 2 is 1.56 bits per heavy atom. The molecule has 0 aromatic heterocycles. The van der Waals surface area contributed by atoms with E-state index >= 15 is 0 Å². The second-order valence-electron chi connectivity index (χ2n) is 10.0. The molecule has 9 heteroatoms. The fraction of sp³-hybridized carbons (Fsp3) is 0.704. The predicted molar refractivity (Wildman–Crippen MR) is 142 cm³/mol. The normalized spacial score (nSPS) is 22.8. The molecule has 9 nitrogen and oxygen atoms in total. The Morgan fingerprint density at radius 1 is 0.944 bits per heavy atom. The first-order valence-electron chi connectivity index (χ1n) is 13.2. The van der Waals surface area contributed by atoms with E-state index in [0.717, 1.165) is 39.3 Å². The van der Waals surface area contributed by atoms with E-state index in [-0.39, 0.29) is 0 Å². The first kappa shape index (κ1) is 30.0. The number of nitrogens with zero attached hydrogens (tertiary/aromatic N) is 3. The highest BCUT2D eigenvalue weighted by Crippen LogP contribution is 2.36. The molecule has 0 aliphatic carbocycles. The number of nitrogens with one attached hydrogen (secondary N) is 1. The van der Waals surface area contributed by atoms with Gasteiger partial charge in [0.15, 0.2) is 0 Å². The van der Waals surface area contributed by atoms with Crippen LogP contribution in [0.3, 0.4) is 0 Å². The molecule has 0 amide bonds. The van der Waals surface area contributed by atoms with Crippen LogP contribution in [0.2, 0.25) is 0 Å². The van der Waals surface area contributed by atoms with E-state index in [4.69, 9.17) is 24.5 Å². The van der Waals surface area contributed by atoms with E-state index in [1.165, 1.54) is 83.7 Å². The van der Waals surface area contributed by atoms with Gasteiger partial charge in [-0.25, -0.2) is 0 Å². The molecule has 3 aliphatic heterocycles. The fourth-order valence-electron chi connectivity index (χ4n) is 5.16. The zero-order valence-corrected chi connectivity index (χ0v) is 22.4. The lowest BCUT2D eigenvalue weighted by atomic mass is 9.79. The van der Waals surface area contributed by atoms with Crippen LogP contribution < -0.4 is 10.1 Å². The summed E-state index contributed by atoms with van der Waals surface area (Å²) in [4.78, 5) is 25.7. The van der Waals surface area contributed by atoms with Crippen LogP contribution in [0.25, 0.3) is 0 Å². The van der Waals surface area contributed by atoms with E-state index in [1.54, 1.807) is 0 Å². The van der Waals surface area contributed by atoms with Gasteiger partial charge < -0.3 is 25.2 Å². The highest BCUT2D eigenvalue weighted by molar-refractivity contribution is 5.63. The zero-order chi connectivity index (χ0) is 26.4. The van der Waals surface area contributed by atoms with Crippen LogP contribution in [0.4, 0.5) is 0 Å². The van der Waals surface area contributed by atoms with Crippen molar-refractivity contribution in [3.63, 3.8) is 0 Å². The molecule has 1 spiro atoms. The van der Waals surface area contributed by atoms with Crippen molar-refractivity contribution in [1.29, 1.82) is 0 Å². The third-order valence-corrected chi connectivity index (χ3v) is 6.99. The van der Waals surface area contributed by atoms with Crippen molar-refractivity contribution in [2.75, 3.05) is 72.1 Å². The number of rotatable bonds is 7. The van der Waals surface area contributed by atoms with Gasteiger partial charge in [0.25, 0.3) is 11.9 Å². The Labute approximate surface area is 216 Å². The number of likely N-dealkylation sites (tertiary alicyclic amines) is 1. The van der Waals surface area contributed by atoms with E-state index < -0.39 is 11.9 Å². The molecule has 3 N–H and O–H groups in total. The van der Waals surface area contributed by atoms with Crippen molar-refractivity contribution in [2.24, 2.45) is 5.41 Å². The van der Waals surface area contributed by atoms with Gasteiger partial charge >= 0.3 is 0 Å². The molecule has 1 unspecified atom stereocenters. The number of hydrogen-bond donors (Lipinski definition) is 3. The third kappa shape index (κ3) is 11.7. The van der Waals surface area contributed by atoms with Gasteiger partial charge in [-0.2, -0.15) is 0 Å².